The van der Waals surface area contributed by atoms with Crippen molar-refractivity contribution >= 4 is 5.91 Å². The highest BCUT2D eigenvalue weighted by atomic mass is 16.5. The van der Waals surface area contributed by atoms with Gasteiger partial charge in [0.25, 0.3) is 0 Å². The number of methoxy groups -OCH3 is 1. The Bertz CT molecular complexity index is 545. The lowest BCUT2D eigenvalue weighted by molar-refractivity contribution is -0.129. The first-order chi connectivity index (χ1) is 11.1. The molecule has 4 bridgehead atoms. The first-order valence-corrected chi connectivity index (χ1v) is 8.93. The zero-order chi connectivity index (χ0) is 15.9. The van der Waals surface area contributed by atoms with Gasteiger partial charge in [0.1, 0.15) is 0 Å². The SMILES string of the molecule is COCc1cc(CNC(=O)CC23CC4CC(CC(C4)C2)C3)[nH]n1. The monoisotopic (exact) mass is 317 g/mol. The molecule has 0 radical (unpaired) electrons. The summed E-state index contributed by atoms with van der Waals surface area (Å²) < 4.78 is 5.06. The molecular weight excluding hydrogens is 290 g/mol. The van der Waals surface area contributed by atoms with Crippen molar-refractivity contribution in [3.05, 3.63) is 17.5 Å². The lowest BCUT2D eigenvalue weighted by Crippen LogP contribution is -2.47. The summed E-state index contributed by atoms with van der Waals surface area (Å²) >= 11 is 0. The summed E-state index contributed by atoms with van der Waals surface area (Å²) in [6.07, 6.45) is 8.86. The van der Waals surface area contributed by atoms with Gasteiger partial charge in [-0.05, 0) is 67.8 Å². The van der Waals surface area contributed by atoms with E-state index in [0.717, 1.165) is 35.6 Å². The van der Waals surface area contributed by atoms with Gasteiger partial charge in [-0.3, -0.25) is 9.89 Å². The maximum atomic E-state index is 12.5. The molecular formula is C18H27N3O2. The Morgan fingerprint density at radius 3 is 2.57 bits per heavy atom. The van der Waals surface area contributed by atoms with Gasteiger partial charge in [-0.2, -0.15) is 5.10 Å². The first-order valence-electron chi connectivity index (χ1n) is 8.93. The van der Waals surface area contributed by atoms with Crippen molar-refractivity contribution in [1.82, 2.24) is 15.5 Å². The van der Waals surface area contributed by atoms with E-state index in [4.69, 9.17) is 4.74 Å². The van der Waals surface area contributed by atoms with Gasteiger partial charge in [0.15, 0.2) is 0 Å². The third-order valence-electron chi connectivity index (χ3n) is 6.15. The number of rotatable bonds is 6. The molecule has 4 aliphatic rings. The molecule has 5 heteroatoms. The summed E-state index contributed by atoms with van der Waals surface area (Å²) in [5, 5.41) is 10.2. The predicted molar refractivity (Wildman–Crippen MR) is 86.4 cm³/mol. The van der Waals surface area contributed by atoms with E-state index in [9.17, 15) is 4.79 Å². The van der Waals surface area contributed by atoms with Crippen LogP contribution in [0.15, 0.2) is 6.07 Å². The first kappa shape index (κ1) is 15.2. The molecule has 4 saturated carbocycles. The maximum Gasteiger partial charge on any atom is 0.220 e. The number of amides is 1. The number of aromatic nitrogens is 2. The maximum absolute atomic E-state index is 12.5. The van der Waals surface area contributed by atoms with Crippen molar-refractivity contribution < 1.29 is 9.53 Å². The van der Waals surface area contributed by atoms with Gasteiger partial charge < -0.3 is 10.1 Å². The van der Waals surface area contributed by atoms with Crippen molar-refractivity contribution in [1.29, 1.82) is 0 Å². The molecule has 1 aromatic heterocycles. The molecule has 1 heterocycles. The van der Waals surface area contributed by atoms with Crippen LogP contribution >= 0.6 is 0 Å². The van der Waals surface area contributed by atoms with E-state index in [-0.39, 0.29) is 5.91 Å². The van der Waals surface area contributed by atoms with Crippen molar-refractivity contribution in [2.75, 3.05) is 7.11 Å². The largest absolute Gasteiger partial charge is 0.378 e. The predicted octanol–water partition coefficient (Wildman–Crippen LogP) is 2.78. The van der Waals surface area contributed by atoms with Crippen molar-refractivity contribution in [3.63, 3.8) is 0 Å². The molecule has 4 aliphatic carbocycles. The average Bonchev–Trinajstić information content (AvgIpc) is 2.91. The number of ether oxygens (including phenoxy) is 1. The standard InChI is InChI=1S/C18H27N3O2/c1-23-11-16-5-15(20-21-16)10-19-17(22)9-18-6-12-2-13(7-18)4-14(3-12)8-18/h5,12-14H,2-4,6-11H2,1H3,(H,19,22)(H,20,21). The fraction of sp³-hybridized carbons (Fsp3) is 0.778. The number of carbonyl (C=O) groups is 1. The topological polar surface area (TPSA) is 67.0 Å². The van der Waals surface area contributed by atoms with E-state index >= 15 is 0 Å². The number of nitrogens with zero attached hydrogens (tertiary/aromatic N) is 1. The quantitative estimate of drug-likeness (QED) is 0.848. The zero-order valence-corrected chi connectivity index (χ0v) is 13.9. The molecule has 4 fully saturated rings. The summed E-state index contributed by atoms with van der Waals surface area (Å²) in [6.45, 7) is 1.03. The van der Waals surface area contributed by atoms with Crippen LogP contribution in [0, 0.1) is 23.2 Å². The van der Waals surface area contributed by atoms with Crippen LogP contribution in [0.3, 0.4) is 0 Å². The van der Waals surface area contributed by atoms with Crippen molar-refractivity contribution in [2.24, 2.45) is 23.2 Å². The zero-order valence-electron chi connectivity index (χ0n) is 13.9. The fourth-order valence-electron chi connectivity index (χ4n) is 5.83. The van der Waals surface area contributed by atoms with Gasteiger partial charge in [-0.25, -0.2) is 0 Å². The second kappa shape index (κ2) is 5.93. The second-order valence-electron chi connectivity index (χ2n) is 8.19. The Balaban J connectivity index is 1.31. The molecule has 0 saturated heterocycles. The van der Waals surface area contributed by atoms with Crippen molar-refractivity contribution in [3.8, 4) is 0 Å². The minimum Gasteiger partial charge on any atom is -0.378 e. The van der Waals surface area contributed by atoms with E-state index < -0.39 is 0 Å². The van der Waals surface area contributed by atoms with Gasteiger partial charge in [0.05, 0.1) is 24.5 Å². The molecule has 23 heavy (non-hydrogen) atoms. The van der Waals surface area contributed by atoms with E-state index in [1.165, 1.54) is 38.5 Å². The van der Waals surface area contributed by atoms with E-state index in [0.29, 0.717) is 18.6 Å². The van der Waals surface area contributed by atoms with Gasteiger partial charge in [-0.1, -0.05) is 0 Å². The van der Waals surface area contributed by atoms with E-state index in [1.54, 1.807) is 7.11 Å². The number of hydrogen-bond donors (Lipinski definition) is 2. The van der Waals surface area contributed by atoms with Crippen LogP contribution in [0.5, 0.6) is 0 Å². The second-order valence-corrected chi connectivity index (χ2v) is 8.19. The van der Waals surface area contributed by atoms with Gasteiger partial charge in [-0.15, -0.1) is 0 Å². The fourth-order valence-corrected chi connectivity index (χ4v) is 5.83. The van der Waals surface area contributed by atoms with Crippen LogP contribution in [-0.4, -0.2) is 23.2 Å². The minimum atomic E-state index is 0.204. The summed E-state index contributed by atoms with van der Waals surface area (Å²) in [4.78, 5) is 12.5. The Hall–Kier alpha value is -1.36. The van der Waals surface area contributed by atoms with Gasteiger partial charge in [0, 0.05) is 13.5 Å². The number of hydrogen-bond acceptors (Lipinski definition) is 3. The molecule has 5 rings (SSSR count). The Morgan fingerprint density at radius 2 is 1.96 bits per heavy atom. The molecule has 0 unspecified atom stereocenters. The summed E-state index contributed by atoms with van der Waals surface area (Å²) in [7, 11) is 1.65. The van der Waals surface area contributed by atoms with E-state index in [1.807, 2.05) is 6.07 Å². The van der Waals surface area contributed by atoms with Crippen LogP contribution in [0.1, 0.15) is 56.3 Å². The Labute approximate surface area is 137 Å². The molecule has 1 amide bonds. The third-order valence-corrected chi connectivity index (χ3v) is 6.15. The molecule has 0 aliphatic heterocycles. The van der Waals surface area contributed by atoms with Crippen LogP contribution in [-0.2, 0) is 22.7 Å². The van der Waals surface area contributed by atoms with Crippen LogP contribution in [0.2, 0.25) is 0 Å². The highest BCUT2D eigenvalue weighted by Gasteiger charge is 2.51. The smallest absolute Gasteiger partial charge is 0.220 e. The summed E-state index contributed by atoms with van der Waals surface area (Å²) in [5.41, 5.74) is 2.13. The normalized spacial score (nSPS) is 34.7. The molecule has 0 atom stereocenters. The number of aromatic amines is 1. The lowest BCUT2D eigenvalue weighted by atomic mass is 9.49. The number of nitrogens with one attached hydrogen (secondary N) is 2. The van der Waals surface area contributed by atoms with Crippen LogP contribution < -0.4 is 5.32 Å². The molecule has 0 spiro atoms. The Morgan fingerprint density at radius 1 is 1.30 bits per heavy atom. The highest BCUT2D eigenvalue weighted by molar-refractivity contribution is 5.76. The molecule has 1 aromatic rings. The lowest BCUT2D eigenvalue weighted by Gasteiger charge is -2.56. The molecule has 5 nitrogen and oxygen atoms in total. The summed E-state index contributed by atoms with van der Waals surface area (Å²) in [5.74, 6) is 2.91. The van der Waals surface area contributed by atoms with Gasteiger partial charge in [0.2, 0.25) is 5.91 Å². The van der Waals surface area contributed by atoms with Crippen LogP contribution in [0.4, 0.5) is 0 Å². The highest BCUT2D eigenvalue weighted by Crippen LogP contribution is 2.61. The van der Waals surface area contributed by atoms with Gasteiger partial charge >= 0.3 is 0 Å². The molecule has 126 valence electrons. The average molecular weight is 317 g/mol. The molecule has 0 aromatic carbocycles. The van der Waals surface area contributed by atoms with Crippen molar-refractivity contribution in [2.45, 2.75) is 58.1 Å². The minimum absolute atomic E-state index is 0.204. The third kappa shape index (κ3) is 3.16. The van der Waals surface area contributed by atoms with E-state index in [2.05, 4.69) is 15.5 Å². The number of carbonyl (C=O) groups excluding carboxylic acids is 1. The number of H-pyrrole nitrogens is 1. The van der Waals surface area contributed by atoms with Crippen LogP contribution in [0.25, 0.3) is 0 Å². The summed E-state index contributed by atoms with van der Waals surface area (Å²) in [6, 6.07) is 1.95. The molecule has 2 N–H and O–H groups in total. The Kier molecular flexibility index (Phi) is 3.92.